The van der Waals surface area contributed by atoms with Crippen LogP contribution in [0.5, 0.6) is 0 Å². The van der Waals surface area contributed by atoms with Gasteiger partial charge >= 0.3 is 11.9 Å². The molecule has 0 saturated heterocycles. The van der Waals surface area contributed by atoms with Gasteiger partial charge in [0.1, 0.15) is 16.3 Å². The zero-order chi connectivity index (χ0) is 22.2. The van der Waals surface area contributed by atoms with Crippen molar-refractivity contribution in [3.8, 4) is 11.3 Å². The minimum absolute atomic E-state index is 0.0998. The van der Waals surface area contributed by atoms with Gasteiger partial charge in [0.15, 0.2) is 4.34 Å². The lowest BCUT2D eigenvalue weighted by atomic mass is 10.1. The van der Waals surface area contributed by atoms with Crippen molar-refractivity contribution < 1.29 is 28.3 Å². The number of amides is 1. The molecule has 1 amide bonds. The Morgan fingerprint density at radius 1 is 1.16 bits per heavy atom. The molecule has 3 heterocycles. The summed E-state index contributed by atoms with van der Waals surface area (Å²) in [6, 6.07) is 3.46. The molecule has 0 spiro atoms. The fourth-order valence-corrected chi connectivity index (χ4v) is 5.15. The average molecular weight is 481 g/mol. The van der Waals surface area contributed by atoms with Gasteiger partial charge in [-0.3, -0.25) is 9.59 Å². The fourth-order valence-electron chi connectivity index (χ4n) is 2.55. The van der Waals surface area contributed by atoms with Crippen molar-refractivity contribution in [1.29, 1.82) is 0 Å². The number of rotatable bonds is 10. The first-order chi connectivity index (χ1) is 15.0. The highest BCUT2D eigenvalue weighted by Crippen LogP contribution is 2.36. The van der Waals surface area contributed by atoms with Crippen LogP contribution < -0.4 is 5.32 Å². The number of anilines is 1. The molecule has 0 aromatic carbocycles. The first-order valence-electron chi connectivity index (χ1n) is 9.37. The summed E-state index contributed by atoms with van der Waals surface area (Å²) in [5, 5.41) is 6.69. The van der Waals surface area contributed by atoms with Gasteiger partial charge in [0.25, 0.3) is 0 Å². The van der Waals surface area contributed by atoms with Crippen molar-refractivity contribution in [1.82, 2.24) is 4.98 Å². The summed E-state index contributed by atoms with van der Waals surface area (Å²) >= 11 is 3.83. The fraction of sp³-hybridized carbons (Fsp3) is 0.300. The molecule has 0 fully saturated rings. The van der Waals surface area contributed by atoms with E-state index in [2.05, 4.69) is 10.3 Å². The summed E-state index contributed by atoms with van der Waals surface area (Å²) in [5.74, 6) is -0.528. The monoisotopic (exact) mass is 480 g/mol. The second-order valence-corrected chi connectivity index (χ2v) is 8.93. The summed E-state index contributed by atoms with van der Waals surface area (Å²) in [6.45, 7) is 4.00. The average Bonchev–Trinajstić information content (AvgIpc) is 3.47. The maximum Gasteiger partial charge on any atom is 0.341 e. The van der Waals surface area contributed by atoms with E-state index in [0.29, 0.717) is 33.0 Å². The first kappa shape index (κ1) is 23.0. The van der Waals surface area contributed by atoms with E-state index in [1.165, 1.54) is 40.7 Å². The van der Waals surface area contributed by atoms with Gasteiger partial charge in [-0.1, -0.05) is 11.8 Å². The zero-order valence-electron chi connectivity index (χ0n) is 16.8. The van der Waals surface area contributed by atoms with Crippen LogP contribution in [-0.4, -0.2) is 41.8 Å². The predicted molar refractivity (Wildman–Crippen MR) is 120 cm³/mol. The molecule has 0 aliphatic heterocycles. The number of nitrogens with one attached hydrogen (secondary N) is 1. The maximum atomic E-state index is 12.5. The van der Waals surface area contributed by atoms with Crippen LogP contribution in [0.1, 0.15) is 29.9 Å². The molecule has 0 aliphatic carbocycles. The quantitative estimate of drug-likeness (QED) is 0.334. The summed E-state index contributed by atoms with van der Waals surface area (Å²) in [7, 11) is 0. The summed E-state index contributed by atoms with van der Waals surface area (Å²) in [5.41, 5.74) is 1.45. The van der Waals surface area contributed by atoms with E-state index in [0.717, 1.165) is 0 Å². The molecule has 1 N–H and O–H groups in total. The van der Waals surface area contributed by atoms with E-state index in [-0.39, 0.29) is 36.2 Å². The Morgan fingerprint density at radius 3 is 2.68 bits per heavy atom. The number of hydrogen-bond acceptors (Lipinski definition) is 10. The van der Waals surface area contributed by atoms with Crippen molar-refractivity contribution in [3.63, 3.8) is 0 Å². The first-order valence-corrected chi connectivity index (χ1v) is 12.1. The summed E-state index contributed by atoms with van der Waals surface area (Å²) in [4.78, 5) is 40.8. The molecular formula is C20H20N2O6S3. The van der Waals surface area contributed by atoms with Gasteiger partial charge in [0, 0.05) is 16.3 Å². The van der Waals surface area contributed by atoms with Gasteiger partial charge in [0.2, 0.25) is 5.91 Å². The Balaban J connectivity index is 1.64. The van der Waals surface area contributed by atoms with Gasteiger partial charge in [-0.25, -0.2) is 9.78 Å². The van der Waals surface area contributed by atoms with Crippen LogP contribution in [0, 0.1) is 0 Å². The van der Waals surface area contributed by atoms with Crippen molar-refractivity contribution >= 4 is 57.3 Å². The molecule has 31 heavy (non-hydrogen) atoms. The number of thiophene rings is 1. The minimum atomic E-state index is -0.526. The standard InChI is InChI=1S/C20H20N2O6S3/c1-3-26-16(24)8-12-9-30-20(21-12)31-11-15(23)22-18-17(19(25)27-4-2)13(10-29-18)14-6-5-7-28-14/h5-7,9-10H,3-4,8,11H2,1-2H3,(H,22,23). The normalized spacial score (nSPS) is 10.6. The van der Waals surface area contributed by atoms with Crippen LogP contribution in [0.25, 0.3) is 11.3 Å². The Labute approximate surface area is 191 Å². The van der Waals surface area contributed by atoms with Crippen LogP contribution >= 0.6 is 34.4 Å². The van der Waals surface area contributed by atoms with Crippen molar-refractivity contribution in [2.45, 2.75) is 24.6 Å². The van der Waals surface area contributed by atoms with Crippen molar-refractivity contribution in [2.24, 2.45) is 0 Å². The molecule has 3 aromatic heterocycles. The zero-order valence-corrected chi connectivity index (χ0v) is 19.3. The molecule has 0 unspecified atom stereocenters. The second kappa shape index (κ2) is 11.1. The van der Waals surface area contributed by atoms with Crippen LogP contribution in [0.4, 0.5) is 5.00 Å². The van der Waals surface area contributed by atoms with Gasteiger partial charge in [-0.15, -0.1) is 22.7 Å². The molecule has 0 atom stereocenters. The largest absolute Gasteiger partial charge is 0.466 e. The van der Waals surface area contributed by atoms with Gasteiger partial charge in [-0.2, -0.15) is 0 Å². The molecule has 3 aromatic rings. The Hall–Kier alpha value is -2.63. The van der Waals surface area contributed by atoms with E-state index >= 15 is 0 Å². The third kappa shape index (κ3) is 6.18. The molecule has 0 saturated carbocycles. The number of esters is 2. The highest BCUT2D eigenvalue weighted by Gasteiger charge is 2.24. The number of aromatic nitrogens is 1. The number of nitrogens with zero attached hydrogens (tertiary/aromatic N) is 1. The highest BCUT2D eigenvalue weighted by molar-refractivity contribution is 8.01. The topological polar surface area (TPSA) is 108 Å². The van der Waals surface area contributed by atoms with Crippen LogP contribution in [0.3, 0.4) is 0 Å². The number of carbonyl (C=O) groups is 3. The van der Waals surface area contributed by atoms with E-state index in [9.17, 15) is 14.4 Å². The lowest BCUT2D eigenvalue weighted by Gasteiger charge is -2.07. The number of thioether (sulfide) groups is 1. The third-order valence-corrected chi connectivity index (χ3v) is 6.76. The number of thiazole rings is 1. The molecular weight excluding hydrogens is 460 g/mol. The Kier molecular flexibility index (Phi) is 8.27. The lowest BCUT2D eigenvalue weighted by molar-refractivity contribution is -0.142. The second-order valence-electron chi connectivity index (χ2n) is 5.97. The summed E-state index contributed by atoms with van der Waals surface area (Å²) in [6.07, 6.45) is 1.62. The minimum Gasteiger partial charge on any atom is -0.466 e. The van der Waals surface area contributed by atoms with Gasteiger partial charge < -0.3 is 19.2 Å². The summed E-state index contributed by atoms with van der Waals surface area (Å²) < 4.78 is 16.1. The molecule has 11 heteroatoms. The molecule has 0 aliphatic rings. The van der Waals surface area contributed by atoms with E-state index in [4.69, 9.17) is 13.9 Å². The SMILES string of the molecule is CCOC(=O)Cc1csc(SCC(=O)Nc2scc(-c3ccco3)c2C(=O)OCC)n1. The van der Waals surface area contributed by atoms with E-state index < -0.39 is 5.97 Å². The number of hydrogen-bond donors (Lipinski definition) is 1. The molecule has 8 nitrogen and oxygen atoms in total. The third-order valence-electron chi connectivity index (χ3n) is 3.80. The van der Waals surface area contributed by atoms with Crippen molar-refractivity contribution in [3.05, 3.63) is 40.4 Å². The maximum absolute atomic E-state index is 12.5. The van der Waals surface area contributed by atoms with Crippen LogP contribution in [0.15, 0.2) is 37.9 Å². The number of ether oxygens (including phenoxy) is 2. The van der Waals surface area contributed by atoms with Gasteiger partial charge in [-0.05, 0) is 26.0 Å². The predicted octanol–water partition coefficient (Wildman–Crippen LogP) is 4.48. The number of carbonyl (C=O) groups excluding carboxylic acids is 3. The van der Waals surface area contributed by atoms with Crippen LogP contribution in [-0.2, 0) is 25.5 Å². The smallest absolute Gasteiger partial charge is 0.341 e. The van der Waals surface area contributed by atoms with Gasteiger partial charge in [0.05, 0.1) is 37.3 Å². The molecule has 0 bridgehead atoms. The lowest BCUT2D eigenvalue weighted by Crippen LogP contribution is -2.16. The molecule has 164 valence electrons. The molecule has 3 rings (SSSR count). The Bertz CT molecular complexity index is 1040. The Morgan fingerprint density at radius 2 is 1.97 bits per heavy atom. The van der Waals surface area contributed by atoms with Crippen molar-refractivity contribution in [2.75, 3.05) is 24.3 Å². The van der Waals surface area contributed by atoms with E-state index in [1.807, 2.05) is 0 Å². The highest BCUT2D eigenvalue weighted by atomic mass is 32.2. The number of furan rings is 1. The van der Waals surface area contributed by atoms with Crippen LogP contribution in [0.2, 0.25) is 0 Å². The molecule has 0 radical (unpaired) electrons. The van der Waals surface area contributed by atoms with E-state index in [1.54, 1.807) is 36.7 Å².